The molecule has 2 rings (SSSR count). The number of thioether (sulfide) groups is 1. The molecule has 0 saturated heterocycles. The number of ether oxygens (including phenoxy) is 3. The van der Waals surface area contributed by atoms with Crippen LogP contribution in [0.25, 0.3) is 0 Å². The highest BCUT2D eigenvalue weighted by atomic mass is 32.2. The fourth-order valence-electron chi connectivity index (χ4n) is 2.09. The van der Waals surface area contributed by atoms with E-state index in [1.165, 1.54) is 11.8 Å². The molecule has 1 unspecified atom stereocenters. The third-order valence-corrected chi connectivity index (χ3v) is 4.47. The molecule has 0 saturated carbocycles. The predicted molar refractivity (Wildman–Crippen MR) is 96.5 cm³/mol. The molecular formula is C18H21NO4S. The Morgan fingerprint density at radius 3 is 2.42 bits per heavy atom. The summed E-state index contributed by atoms with van der Waals surface area (Å²) in [6.07, 6.45) is 0. The fourth-order valence-corrected chi connectivity index (χ4v) is 2.99. The zero-order valence-electron chi connectivity index (χ0n) is 14.2. The highest BCUT2D eigenvalue weighted by Gasteiger charge is 2.16. The largest absolute Gasteiger partial charge is 0.497 e. The van der Waals surface area contributed by atoms with Gasteiger partial charge in [0.15, 0.2) is 11.5 Å². The molecule has 1 amide bonds. The molecule has 0 aliphatic rings. The lowest BCUT2D eigenvalue weighted by Crippen LogP contribution is -2.22. The van der Waals surface area contributed by atoms with Gasteiger partial charge in [-0.1, -0.05) is 6.07 Å². The predicted octanol–water partition coefficient (Wildman–Crippen LogP) is 3.83. The lowest BCUT2D eigenvalue weighted by atomic mass is 10.3. The summed E-state index contributed by atoms with van der Waals surface area (Å²) in [5, 5.41) is 2.62. The summed E-state index contributed by atoms with van der Waals surface area (Å²) >= 11 is 1.45. The third kappa shape index (κ3) is 4.58. The number of amides is 1. The van der Waals surface area contributed by atoms with Gasteiger partial charge in [-0.15, -0.1) is 11.8 Å². The van der Waals surface area contributed by atoms with E-state index in [0.29, 0.717) is 22.9 Å². The van der Waals surface area contributed by atoms with Gasteiger partial charge < -0.3 is 19.5 Å². The van der Waals surface area contributed by atoms with Crippen LogP contribution in [0, 0.1) is 0 Å². The maximum absolute atomic E-state index is 12.4. The molecule has 6 heteroatoms. The molecule has 1 atom stereocenters. The van der Waals surface area contributed by atoms with Gasteiger partial charge >= 0.3 is 0 Å². The summed E-state index contributed by atoms with van der Waals surface area (Å²) in [6.45, 7) is 1.86. The van der Waals surface area contributed by atoms with Crippen LogP contribution in [0.15, 0.2) is 47.4 Å². The van der Waals surface area contributed by atoms with Gasteiger partial charge in [-0.3, -0.25) is 4.79 Å². The van der Waals surface area contributed by atoms with Gasteiger partial charge in [0.05, 0.1) is 26.6 Å². The zero-order chi connectivity index (χ0) is 17.5. The molecule has 0 aromatic heterocycles. The van der Waals surface area contributed by atoms with Crippen LogP contribution in [0.1, 0.15) is 6.92 Å². The molecule has 128 valence electrons. The first-order valence-electron chi connectivity index (χ1n) is 7.41. The van der Waals surface area contributed by atoms with Crippen LogP contribution in [0.4, 0.5) is 5.69 Å². The maximum atomic E-state index is 12.4. The number of carbonyl (C=O) groups is 1. The second-order valence-corrected chi connectivity index (χ2v) is 6.41. The smallest absolute Gasteiger partial charge is 0.237 e. The molecule has 24 heavy (non-hydrogen) atoms. The van der Waals surface area contributed by atoms with E-state index < -0.39 is 0 Å². The first-order chi connectivity index (χ1) is 11.6. The summed E-state index contributed by atoms with van der Waals surface area (Å²) in [4.78, 5) is 13.3. The Hall–Kier alpha value is -2.34. The van der Waals surface area contributed by atoms with Crippen molar-refractivity contribution in [3.8, 4) is 17.2 Å². The Balaban J connectivity index is 2.03. The Morgan fingerprint density at radius 1 is 1.00 bits per heavy atom. The SMILES string of the molecule is COc1cccc(NC(=O)C(C)Sc2ccc(OC)c(OC)c2)c1. The Kier molecular flexibility index (Phi) is 6.37. The molecule has 0 aliphatic carbocycles. The van der Waals surface area contributed by atoms with E-state index in [-0.39, 0.29) is 11.2 Å². The van der Waals surface area contributed by atoms with Gasteiger partial charge in [-0.05, 0) is 37.3 Å². The van der Waals surface area contributed by atoms with Gasteiger partial charge in [-0.2, -0.15) is 0 Å². The number of carbonyl (C=O) groups excluding carboxylic acids is 1. The van der Waals surface area contributed by atoms with Crippen molar-refractivity contribution in [2.24, 2.45) is 0 Å². The number of hydrogen-bond acceptors (Lipinski definition) is 5. The molecule has 0 aliphatic heterocycles. The van der Waals surface area contributed by atoms with E-state index in [0.717, 1.165) is 4.90 Å². The Morgan fingerprint density at radius 2 is 1.75 bits per heavy atom. The van der Waals surface area contributed by atoms with Gasteiger partial charge in [0.2, 0.25) is 5.91 Å². The first kappa shape index (κ1) is 18.0. The second kappa shape index (κ2) is 8.49. The molecule has 0 radical (unpaired) electrons. The summed E-state index contributed by atoms with van der Waals surface area (Å²) < 4.78 is 15.7. The van der Waals surface area contributed by atoms with Gasteiger partial charge in [-0.25, -0.2) is 0 Å². The molecule has 1 N–H and O–H groups in total. The fraction of sp³-hybridized carbons (Fsp3) is 0.278. The van der Waals surface area contributed by atoms with Crippen LogP contribution >= 0.6 is 11.8 Å². The molecule has 2 aromatic rings. The van der Waals surface area contributed by atoms with Crippen LogP contribution in [0.5, 0.6) is 17.2 Å². The molecular weight excluding hydrogens is 326 g/mol. The third-order valence-electron chi connectivity index (χ3n) is 3.37. The Bertz CT molecular complexity index is 705. The van der Waals surface area contributed by atoms with E-state index in [1.807, 2.05) is 43.3 Å². The van der Waals surface area contributed by atoms with E-state index in [4.69, 9.17) is 14.2 Å². The van der Waals surface area contributed by atoms with Crippen molar-refractivity contribution in [3.63, 3.8) is 0 Å². The molecule has 2 aromatic carbocycles. The number of anilines is 1. The first-order valence-corrected chi connectivity index (χ1v) is 8.29. The summed E-state index contributed by atoms with van der Waals surface area (Å²) in [6, 6.07) is 12.9. The highest BCUT2D eigenvalue weighted by molar-refractivity contribution is 8.00. The average molecular weight is 347 g/mol. The summed E-state index contributed by atoms with van der Waals surface area (Å²) in [5.41, 5.74) is 0.708. The molecule has 5 nitrogen and oxygen atoms in total. The van der Waals surface area contributed by atoms with E-state index in [9.17, 15) is 4.79 Å². The Labute approximate surface area is 146 Å². The van der Waals surface area contributed by atoms with E-state index in [2.05, 4.69) is 5.32 Å². The number of nitrogens with one attached hydrogen (secondary N) is 1. The number of methoxy groups -OCH3 is 3. The molecule has 0 spiro atoms. The van der Waals surface area contributed by atoms with E-state index >= 15 is 0 Å². The molecule has 0 heterocycles. The van der Waals surface area contributed by atoms with Crippen LogP contribution in [-0.2, 0) is 4.79 Å². The van der Waals surface area contributed by atoms with Crippen molar-refractivity contribution in [1.29, 1.82) is 0 Å². The highest BCUT2D eigenvalue weighted by Crippen LogP contribution is 2.33. The molecule has 0 bridgehead atoms. The minimum Gasteiger partial charge on any atom is -0.497 e. The van der Waals surface area contributed by atoms with Crippen molar-refractivity contribution >= 4 is 23.4 Å². The zero-order valence-corrected chi connectivity index (χ0v) is 15.0. The summed E-state index contributed by atoms with van der Waals surface area (Å²) in [5.74, 6) is 1.93. The summed E-state index contributed by atoms with van der Waals surface area (Å²) in [7, 11) is 4.77. The van der Waals surface area contributed by atoms with Crippen LogP contribution < -0.4 is 19.5 Å². The standard InChI is InChI=1S/C18H21NO4S/c1-12(18(20)19-13-6-5-7-14(10-13)21-2)24-15-8-9-16(22-3)17(11-15)23-4/h5-12H,1-4H3,(H,19,20). The second-order valence-electron chi connectivity index (χ2n) is 5.00. The van der Waals surface area contributed by atoms with Crippen molar-refractivity contribution < 1.29 is 19.0 Å². The van der Waals surface area contributed by atoms with Crippen molar-refractivity contribution in [2.75, 3.05) is 26.6 Å². The topological polar surface area (TPSA) is 56.8 Å². The lowest BCUT2D eigenvalue weighted by molar-refractivity contribution is -0.115. The lowest BCUT2D eigenvalue weighted by Gasteiger charge is -2.14. The molecule has 0 fully saturated rings. The van der Waals surface area contributed by atoms with Crippen LogP contribution in [0.2, 0.25) is 0 Å². The van der Waals surface area contributed by atoms with Crippen molar-refractivity contribution in [3.05, 3.63) is 42.5 Å². The number of benzene rings is 2. The van der Waals surface area contributed by atoms with Crippen LogP contribution in [-0.4, -0.2) is 32.5 Å². The normalized spacial score (nSPS) is 11.5. The number of rotatable bonds is 7. The van der Waals surface area contributed by atoms with Gasteiger partial charge in [0.25, 0.3) is 0 Å². The van der Waals surface area contributed by atoms with Crippen molar-refractivity contribution in [2.45, 2.75) is 17.1 Å². The van der Waals surface area contributed by atoms with Crippen molar-refractivity contribution in [1.82, 2.24) is 0 Å². The average Bonchev–Trinajstić information content (AvgIpc) is 2.61. The quantitative estimate of drug-likeness (QED) is 0.772. The minimum absolute atomic E-state index is 0.0805. The van der Waals surface area contributed by atoms with E-state index in [1.54, 1.807) is 27.4 Å². The van der Waals surface area contributed by atoms with Gasteiger partial charge in [0, 0.05) is 16.6 Å². The maximum Gasteiger partial charge on any atom is 0.237 e. The van der Waals surface area contributed by atoms with Crippen LogP contribution in [0.3, 0.4) is 0 Å². The monoisotopic (exact) mass is 347 g/mol. The van der Waals surface area contributed by atoms with Gasteiger partial charge in [0.1, 0.15) is 5.75 Å². The number of hydrogen-bond donors (Lipinski definition) is 1. The minimum atomic E-state index is -0.269.